The smallest absolute Gasteiger partial charge is 0.0642 e. The number of thiophene rings is 1. The van der Waals surface area contributed by atoms with Crippen LogP contribution in [0.2, 0.25) is 5.02 Å². The first kappa shape index (κ1) is 13.9. The summed E-state index contributed by atoms with van der Waals surface area (Å²) in [4.78, 5) is 3.59. The summed E-state index contributed by atoms with van der Waals surface area (Å²) in [5.41, 5.74) is 2.32. The Balaban J connectivity index is 2.36. The SMILES string of the molecule is CC(c1cccs1)N(C)c1c(Cl)cccc1CBr. The van der Waals surface area contributed by atoms with Gasteiger partial charge in [0, 0.05) is 17.3 Å². The zero-order valence-electron chi connectivity index (χ0n) is 10.4. The number of anilines is 1. The van der Waals surface area contributed by atoms with Crippen LogP contribution in [0.5, 0.6) is 0 Å². The number of hydrogen-bond donors (Lipinski definition) is 0. The molecule has 0 aliphatic rings. The molecule has 2 aromatic rings. The molecule has 1 heterocycles. The van der Waals surface area contributed by atoms with Gasteiger partial charge in [0.15, 0.2) is 0 Å². The predicted octanol–water partition coefficient (Wildman–Crippen LogP) is 5.49. The summed E-state index contributed by atoms with van der Waals surface area (Å²) in [7, 11) is 2.10. The molecule has 0 spiro atoms. The largest absolute Gasteiger partial charge is 0.366 e. The van der Waals surface area contributed by atoms with Crippen molar-refractivity contribution in [2.75, 3.05) is 11.9 Å². The van der Waals surface area contributed by atoms with Crippen molar-refractivity contribution in [1.29, 1.82) is 0 Å². The van der Waals surface area contributed by atoms with Crippen molar-refractivity contribution in [3.8, 4) is 0 Å². The number of rotatable bonds is 4. The molecule has 0 radical (unpaired) electrons. The molecule has 0 N–H and O–H groups in total. The van der Waals surface area contributed by atoms with E-state index in [0.717, 1.165) is 16.0 Å². The number of benzene rings is 1. The van der Waals surface area contributed by atoms with Crippen LogP contribution in [0.15, 0.2) is 35.7 Å². The molecule has 1 aromatic heterocycles. The lowest BCUT2D eigenvalue weighted by molar-refractivity contribution is 0.751. The number of hydrogen-bond acceptors (Lipinski definition) is 2. The zero-order chi connectivity index (χ0) is 13.1. The number of para-hydroxylation sites is 1. The first-order valence-electron chi connectivity index (χ1n) is 5.74. The molecule has 18 heavy (non-hydrogen) atoms. The first-order chi connectivity index (χ1) is 8.65. The van der Waals surface area contributed by atoms with Gasteiger partial charge in [-0.25, -0.2) is 0 Å². The fraction of sp³-hybridized carbons (Fsp3) is 0.286. The minimum Gasteiger partial charge on any atom is -0.366 e. The van der Waals surface area contributed by atoms with Crippen molar-refractivity contribution in [2.24, 2.45) is 0 Å². The summed E-state index contributed by atoms with van der Waals surface area (Å²) in [6, 6.07) is 10.6. The molecule has 0 bridgehead atoms. The minimum absolute atomic E-state index is 0.322. The molecule has 0 saturated carbocycles. The Bertz CT molecular complexity index is 513. The Hall–Kier alpha value is -0.510. The van der Waals surface area contributed by atoms with Gasteiger partial charge in [-0.1, -0.05) is 45.7 Å². The Morgan fingerprint density at radius 3 is 2.72 bits per heavy atom. The van der Waals surface area contributed by atoms with Gasteiger partial charge in [0.1, 0.15) is 0 Å². The highest BCUT2D eigenvalue weighted by Gasteiger charge is 2.18. The van der Waals surface area contributed by atoms with Crippen molar-refractivity contribution in [3.05, 3.63) is 51.2 Å². The van der Waals surface area contributed by atoms with Gasteiger partial charge in [-0.2, -0.15) is 0 Å². The average molecular weight is 345 g/mol. The lowest BCUT2D eigenvalue weighted by atomic mass is 10.1. The second-order valence-electron chi connectivity index (χ2n) is 4.18. The van der Waals surface area contributed by atoms with Gasteiger partial charge in [0.25, 0.3) is 0 Å². The maximum Gasteiger partial charge on any atom is 0.0642 e. The molecule has 4 heteroatoms. The van der Waals surface area contributed by atoms with E-state index in [1.807, 2.05) is 12.1 Å². The highest BCUT2D eigenvalue weighted by Crippen LogP contribution is 2.36. The fourth-order valence-electron chi connectivity index (χ4n) is 1.98. The molecule has 1 atom stereocenters. The maximum atomic E-state index is 6.35. The van der Waals surface area contributed by atoms with Crippen LogP contribution < -0.4 is 4.90 Å². The highest BCUT2D eigenvalue weighted by molar-refractivity contribution is 9.08. The van der Waals surface area contributed by atoms with Crippen molar-refractivity contribution >= 4 is 44.6 Å². The maximum absolute atomic E-state index is 6.35. The molecule has 0 saturated heterocycles. The van der Waals surface area contributed by atoms with Crippen LogP contribution in [0.25, 0.3) is 0 Å². The zero-order valence-corrected chi connectivity index (χ0v) is 13.5. The summed E-state index contributed by atoms with van der Waals surface area (Å²) in [5.74, 6) is 0. The van der Waals surface area contributed by atoms with Gasteiger partial charge in [-0.3, -0.25) is 0 Å². The van der Waals surface area contributed by atoms with Crippen molar-refractivity contribution < 1.29 is 0 Å². The van der Waals surface area contributed by atoms with E-state index < -0.39 is 0 Å². The Kier molecular flexibility index (Phi) is 4.71. The Morgan fingerprint density at radius 1 is 1.33 bits per heavy atom. The average Bonchev–Trinajstić information content (AvgIpc) is 2.90. The molecule has 0 fully saturated rings. The van der Waals surface area contributed by atoms with Crippen LogP contribution in [0.4, 0.5) is 5.69 Å². The van der Waals surface area contributed by atoms with E-state index in [9.17, 15) is 0 Å². The summed E-state index contributed by atoms with van der Waals surface area (Å²) in [5, 5.41) is 3.72. The van der Waals surface area contributed by atoms with Crippen LogP contribution in [0.3, 0.4) is 0 Å². The van der Waals surface area contributed by atoms with Gasteiger partial charge in [0.2, 0.25) is 0 Å². The summed E-state index contributed by atoms with van der Waals surface area (Å²) >= 11 is 11.7. The van der Waals surface area contributed by atoms with Crippen LogP contribution in [-0.2, 0) is 5.33 Å². The third kappa shape index (κ3) is 2.73. The summed E-state index contributed by atoms with van der Waals surface area (Å²) < 4.78 is 0. The van der Waals surface area contributed by atoms with E-state index in [2.05, 4.69) is 58.4 Å². The number of halogens is 2. The first-order valence-corrected chi connectivity index (χ1v) is 8.12. The van der Waals surface area contributed by atoms with Gasteiger partial charge in [0.05, 0.1) is 16.8 Å². The van der Waals surface area contributed by atoms with Crippen LogP contribution in [-0.4, -0.2) is 7.05 Å². The molecular weight excluding hydrogens is 330 g/mol. The molecule has 0 amide bonds. The molecule has 1 aromatic carbocycles. The summed E-state index contributed by atoms with van der Waals surface area (Å²) in [6.45, 7) is 2.20. The molecule has 96 valence electrons. The quantitative estimate of drug-likeness (QED) is 0.662. The standard InChI is InChI=1S/C14H15BrClNS/c1-10(13-7-4-8-18-13)17(2)14-11(9-15)5-3-6-12(14)16/h3-8,10H,9H2,1-2H3. The van der Waals surface area contributed by atoms with Crippen LogP contribution in [0.1, 0.15) is 23.4 Å². The van der Waals surface area contributed by atoms with Gasteiger partial charge >= 0.3 is 0 Å². The van der Waals surface area contributed by atoms with Crippen molar-refractivity contribution in [1.82, 2.24) is 0 Å². The number of nitrogens with zero attached hydrogens (tertiary/aromatic N) is 1. The fourth-order valence-corrected chi connectivity index (χ4v) is 3.58. The van der Waals surface area contributed by atoms with Crippen molar-refractivity contribution in [3.63, 3.8) is 0 Å². The van der Waals surface area contributed by atoms with Gasteiger partial charge < -0.3 is 4.90 Å². The second-order valence-corrected chi connectivity index (χ2v) is 6.13. The highest BCUT2D eigenvalue weighted by atomic mass is 79.9. The van der Waals surface area contributed by atoms with E-state index >= 15 is 0 Å². The third-order valence-electron chi connectivity index (χ3n) is 3.10. The van der Waals surface area contributed by atoms with Gasteiger partial charge in [-0.15, -0.1) is 11.3 Å². The lowest BCUT2D eigenvalue weighted by Crippen LogP contribution is -2.22. The molecule has 2 rings (SSSR count). The molecule has 1 nitrogen and oxygen atoms in total. The predicted molar refractivity (Wildman–Crippen MR) is 85.2 cm³/mol. The van der Waals surface area contributed by atoms with E-state index in [0.29, 0.717) is 6.04 Å². The van der Waals surface area contributed by atoms with E-state index in [-0.39, 0.29) is 0 Å². The monoisotopic (exact) mass is 343 g/mol. The van der Waals surface area contributed by atoms with E-state index in [1.54, 1.807) is 11.3 Å². The van der Waals surface area contributed by atoms with Crippen LogP contribution >= 0.6 is 38.9 Å². The molecular formula is C14H15BrClNS. The summed E-state index contributed by atoms with van der Waals surface area (Å²) in [6.07, 6.45) is 0. The lowest BCUT2D eigenvalue weighted by Gasteiger charge is -2.29. The van der Waals surface area contributed by atoms with Gasteiger partial charge in [-0.05, 0) is 30.0 Å². The second kappa shape index (κ2) is 6.09. The minimum atomic E-state index is 0.322. The van der Waals surface area contributed by atoms with Crippen molar-refractivity contribution in [2.45, 2.75) is 18.3 Å². The molecule has 0 aliphatic carbocycles. The Morgan fingerprint density at radius 2 is 2.11 bits per heavy atom. The topological polar surface area (TPSA) is 3.24 Å². The van der Waals surface area contributed by atoms with Crippen LogP contribution in [0, 0.1) is 0 Å². The van der Waals surface area contributed by atoms with E-state index in [1.165, 1.54) is 10.4 Å². The number of alkyl halides is 1. The third-order valence-corrected chi connectivity index (χ3v) is 5.05. The molecule has 0 aliphatic heterocycles. The Labute approximate surface area is 126 Å². The normalized spacial score (nSPS) is 12.4. The van der Waals surface area contributed by atoms with E-state index in [4.69, 9.17) is 11.6 Å². The molecule has 1 unspecified atom stereocenters.